The van der Waals surface area contributed by atoms with E-state index >= 15 is 0 Å². The number of nitrogens with zero attached hydrogens (tertiary/aromatic N) is 2. The number of aryl methyl sites for hydroxylation is 1. The number of piperidine rings is 1. The summed E-state index contributed by atoms with van der Waals surface area (Å²) in [5.74, 6) is 0.186. The maximum absolute atomic E-state index is 12.7. The van der Waals surface area contributed by atoms with Crippen molar-refractivity contribution in [1.82, 2.24) is 9.88 Å². The zero-order valence-electron chi connectivity index (χ0n) is 17.6. The Morgan fingerprint density at radius 2 is 1.87 bits per heavy atom. The average molecular weight is 409 g/mol. The number of rotatable bonds is 6. The van der Waals surface area contributed by atoms with Gasteiger partial charge in [0.25, 0.3) is 0 Å². The first-order valence-electron chi connectivity index (χ1n) is 10.2. The molecule has 0 radical (unpaired) electrons. The van der Waals surface area contributed by atoms with Gasteiger partial charge in [-0.2, -0.15) is 0 Å². The summed E-state index contributed by atoms with van der Waals surface area (Å²) in [6, 6.07) is 10.2. The van der Waals surface area contributed by atoms with Gasteiger partial charge in [0.2, 0.25) is 11.8 Å². The van der Waals surface area contributed by atoms with E-state index in [4.69, 9.17) is 0 Å². The predicted molar refractivity (Wildman–Crippen MR) is 116 cm³/mol. The SMILES string of the molecule is CC(=O)c1ccc(NC(=O)[C@H](C)N2CCC[C@@H](C(=O)Nc3ncccc3C)C2)cc1. The number of carbonyl (C=O) groups excluding carboxylic acids is 3. The van der Waals surface area contributed by atoms with Crippen LogP contribution in [-0.2, 0) is 9.59 Å². The lowest BCUT2D eigenvalue weighted by molar-refractivity contribution is -0.125. The smallest absolute Gasteiger partial charge is 0.241 e. The highest BCUT2D eigenvalue weighted by Crippen LogP contribution is 2.22. The molecule has 0 bridgehead atoms. The van der Waals surface area contributed by atoms with Crippen LogP contribution in [0.4, 0.5) is 11.5 Å². The number of carbonyl (C=O) groups is 3. The second kappa shape index (κ2) is 9.63. The van der Waals surface area contributed by atoms with E-state index in [0.29, 0.717) is 23.6 Å². The molecule has 1 aliphatic heterocycles. The zero-order valence-corrected chi connectivity index (χ0v) is 17.6. The highest BCUT2D eigenvalue weighted by atomic mass is 16.2. The molecule has 1 saturated heterocycles. The van der Waals surface area contributed by atoms with Crippen LogP contribution in [0.5, 0.6) is 0 Å². The van der Waals surface area contributed by atoms with Gasteiger partial charge in [-0.3, -0.25) is 19.3 Å². The van der Waals surface area contributed by atoms with Crippen molar-refractivity contribution in [3.8, 4) is 0 Å². The number of benzene rings is 1. The molecular formula is C23H28N4O3. The first kappa shape index (κ1) is 21.6. The summed E-state index contributed by atoms with van der Waals surface area (Å²) >= 11 is 0. The number of aromatic nitrogens is 1. The van der Waals surface area contributed by atoms with Crippen LogP contribution in [0.1, 0.15) is 42.6 Å². The first-order valence-corrected chi connectivity index (χ1v) is 10.2. The van der Waals surface area contributed by atoms with E-state index in [1.165, 1.54) is 6.92 Å². The predicted octanol–water partition coefficient (Wildman–Crippen LogP) is 3.27. The standard InChI is InChI=1S/C23H28N4O3/c1-15-6-4-12-24-21(15)26-23(30)19-7-5-13-27(14-19)16(2)22(29)25-20-10-8-18(9-11-20)17(3)28/h4,6,8-12,16,19H,5,7,13-14H2,1-3H3,(H,25,29)(H,24,26,30)/t16-,19+/m0/s1. The molecule has 1 aromatic carbocycles. The minimum Gasteiger partial charge on any atom is -0.325 e. The van der Waals surface area contributed by atoms with Gasteiger partial charge < -0.3 is 10.6 Å². The van der Waals surface area contributed by atoms with E-state index in [1.54, 1.807) is 30.5 Å². The molecular weight excluding hydrogens is 380 g/mol. The van der Waals surface area contributed by atoms with Crippen LogP contribution in [0, 0.1) is 12.8 Å². The molecule has 1 aromatic heterocycles. The Bertz CT molecular complexity index is 926. The van der Waals surface area contributed by atoms with Gasteiger partial charge in [0.1, 0.15) is 5.82 Å². The molecule has 2 N–H and O–H groups in total. The fourth-order valence-electron chi connectivity index (χ4n) is 3.61. The molecule has 2 aromatic rings. The van der Waals surface area contributed by atoms with Crippen molar-refractivity contribution in [1.29, 1.82) is 0 Å². The molecule has 1 aliphatic rings. The van der Waals surface area contributed by atoms with E-state index in [-0.39, 0.29) is 29.6 Å². The Labute approximate surface area is 176 Å². The van der Waals surface area contributed by atoms with Crippen LogP contribution in [0.25, 0.3) is 0 Å². The quantitative estimate of drug-likeness (QED) is 0.716. The third-order valence-electron chi connectivity index (χ3n) is 5.56. The number of anilines is 2. The Morgan fingerprint density at radius 3 is 2.53 bits per heavy atom. The van der Waals surface area contributed by atoms with E-state index < -0.39 is 0 Å². The topological polar surface area (TPSA) is 91.4 Å². The molecule has 2 atom stereocenters. The average Bonchev–Trinajstić information content (AvgIpc) is 2.75. The largest absolute Gasteiger partial charge is 0.325 e. The summed E-state index contributed by atoms with van der Waals surface area (Å²) < 4.78 is 0. The molecule has 3 rings (SSSR count). The Morgan fingerprint density at radius 1 is 1.13 bits per heavy atom. The van der Waals surface area contributed by atoms with Crippen molar-refractivity contribution in [3.05, 3.63) is 53.7 Å². The first-order chi connectivity index (χ1) is 14.3. The van der Waals surface area contributed by atoms with Crippen LogP contribution < -0.4 is 10.6 Å². The second-order valence-electron chi connectivity index (χ2n) is 7.79. The van der Waals surface area contributed by atoms with Crippen LogP contribution in [0.3, 0.4) is 0 Å². The Kier molecular flexibility index (Phi) is 6.95. The number of ketones is 1. The van der Waals surface area contributed by atoms with Crippen molar-refractivity contribution in [2.24, 2.45) is 5.92 Å². The highest BCUT2D eigenvalue weighted by molar-refractivity contribution is 5.97. The number of hydrogen-bond donors (Lipinski definition) is 2. The fraction of sp³-hybridized carbons (Fsp3) is 0.391. The van der Waals surface area contributed by atoms with E-state index in [0.717, 1.165) is 24.9 Å². The van der Waals surface area contributed by atoms with Gasteiger partial charge in [0.15, 0.2) is 5.78 Å². The van der Waals surface area contributed by atoms with Gasteiger partial charge in [0.05, 0.1) is 12.0 Å². The molecule has 1 fully saturated rings. The maximum atomic E-state index is 12.7. The number of likely N-dealkylation sites (tertiary alicyclic amines) is 1. The summed E-state index contributed by atoms with van der Waals surface area (Å²) in [7, 11) is 0. The third kappa shape index (κ3) is 5.30. The molecule has 7 heteroatoms. The number of pyridine rings is 1. The highest BCUT2D eigenvalue weighted by Gasteiger charge is 2.31. The van der Waals surface area contributed by atoms with E-state index in [9.17, 15) is 14.4 Å². The summed E-state index contributed by atoms with van der Waals surface area (Å²) in [6.07, 6.45) is 3.30. The number of nitrogens with one attached hydrogen (secondary N) is 2. The van der Waals surface area contributed by atoms with Crippen LogP contribution in [0.15, 0.2) is 42.6 Å². The number of hydrogen-bond acceptors (Lipinski definition) is 5. The monoisotopic (exact) mass is 408 g/mol. The van der Waals surface area contributed by atoms with Crippen LogP contribution >= 0.6 is 0 Å². The van der Waals surface area contributed by atoms with Crippen molar-refractivity contribution in [2.45, 2.75) is 39.7 Å². The third-order valence-corrected chi connectivity index (χ3v) is 5.56. The van der Waals surface area contributed by atoms with Gasteiger partial charge in [-0.25, -0.2) is 4.98 Å². The number of Topliss-reactive ketones (excluding diaryl/α,β-unsaturated/α-hetero) is 1. The molecule has 0 aliphatic carbocycles. The molecule has 7 nitrogen and oxygen atoms in total. The molecule has 2 heterocycles. The molecule has 0 saturated carbocycles. The van der Waals surface area contributed by atoms with Gasteiger partial charge in [-0.05, 0) is 76.1 Å². The van der Waals surface area contributed by atoms with Crippen molar-refractivity contribution in [2.75, 3.05) is 23.7 Å². The van der Waals surface area contributed by atoms with Crippen LogP contribution in [-0.4, -0.2) is 46.6 Å². The minimum absolute atomic E-state index is 0.0141. The van der Waals surface area contributed by atoms with Gasteiger partial charge in [0, 0.05) is 24.0 Å². The molecule has 0 unspecified atom stereocenters. The molecule has 0 spiro atoms. The number of amides is 2. The fourth-order valence-corrected chi connectivity index (χ4v) is 3.61. The van der Waals surface area contributed by atoms with E-state index in [2.05, 4.69) is 15.6 Å². The lowest BCUT2D eigenvalue weighted by Gasteiger charge is -2.35. The summed E-state index contributed by atoms with van der Waals surface area (Å²) in [5, 5.41) is 5.81. The maximum Gasteiger partial charge on any atom is 0.241 e. The lowest BCUT2D eigenvalue weighted by Crippen LogP contribution is -2.49. The van der Waals surface area contributed by atoms with Crippen molar-refractivity contribution >= 4 is 29.1 Å². The summed E-state index contributed by atoms with van der Waals surface area (Å²) in [4.78, 5) is 43.1. The van der Waals surface area contributed by atoms with Gasteiger partial charge in [-0.15, -0.1) is 0 Å². The zero-order chi connectivity index (χ0) is 21.7. The Balaban J connectivity index is 1.58. The lowest BCUT2D eigenvalue weighted by atomic mass is 9.95. The molecule has 158 valence electrons. The van der Waals surface area contributed by atoms with Crippen molar-refractivity contribution < 1.29 is 14.4 Å². The normalized spacial score (nSPS) is 17.8. The van der Waals surface area contributed by atoms with Crippen LogP contribution in [0.2, 0.25) is 0 Å². The van der Waals surface area contributed by atoms with Gasteiger partial charge >= 0.3 is 0 Å². The molecule has 2 amide bonds. The summed E-state index contributed by atoms with van der Waals surface area (Å²) in [6.45, 7) is 6.56. The van der Waals surface area contributed by atoms with E-state index in [1.807, 2.05) is 30.9 Å². The molecule has 30 heavy (non-hydrogen) atoms. The Hall–Kier alpha value is -3.06. The minimum atomic E-state index is -0.371. The second-order valence-corrected chi connectivity index (χ2v) is 7.79. The van der Waals surface area contributed by atoms with Crippen molar-refractivity contribution in [3.63, 3.8) is 0 Å². The van der Waals surface area contributed by atoms with Gasteiger partial charge in [-0.1, -0.05) is 6.07 Å². The summed E-state index contributed by atoms with van der Waals surface area (Å²) in [5.41, 5.74) is 2.17.